The molecule has 3 rings (SSSR count). The smallest absolute Gasteiger partial charge is 0.237 e. The van der Waals surface area contributed by atoms with Gasteiger partial charge in [0, 0.05) is 13.1 Å². The number of hydrogen-bond donors (Lipinski definition) is 1. The second kappa shape index (κ2) is 5.99. The van der Waals surface area contributed by atoms with Gasteiger partial charge in [-0.05, 0) is 40.5 Å². The normalized spacial score (nSPS) is 15.7. The summed E-state index contributed by atoms with van der Waals surface area (Å²) in [6.45, 7) is 7.69. The Morgan fingerprint density at radius 2 is 2.00 bits per heavy atom. The molecule has 0 aliphatic heterocycles. The fraction of sp³-hybridized carbons (Fsp3) is 0.600. The number of amides is 1. The van der Waals surface area contributed by atoms with Crippen molar-refractivity contribution in [3.8, 4) is 0 Å². The Bertz CT molecular complexity index is 745. The molecule has 0 bridgehead atoms. The van der Waals surface area contributed by atoms with E-state index in [1.54, 1.807) is 4.68 Å². The van der Waals surface area contributed by atoms with Crippen molar-refractivity contribution < 1.29 is 4.79 Å². The van der Waals surface area contributed by atoms with Crippen LogP contribution in [0.3, 0.4) is 0 Å². The fourth-order valence-corrected chi connectivity index (χ4v) is 3.54. The molecule has 2 heterocycles. The summed E-state index contributed by atoms with van der Waals surface area (Å²) >= 11 is 1.46. The number of nitrogens with zero attached hydrogens (tertiary/aromatic N) is 5. The minimum absolute atomic E-state index is 0.0443. The van der Waals surface area contributed by atoms with Crippen LogP contribution in [0.15, 0.2) is 5.16 Å². The average Bonchev–Trinajstić information content (AvgIpc) is 3.23. The van der Waals surface area contributed by atoms with E-state index in [1.807, 2.05) is 34.7 Å². The molecule has 0 saturated heterocycles. The molecule has 0 aromatic carbocycles. The first-order valence-corrected chi connectivity index (χ1v) is 8.65. The van der Waals surface area contributed by atoms with E-state index in [0.717, 1.165) is 28.1 Å². The van der Waals surface area contributed by atoms with Gasteiger partial charge in [0.15, 0.2) is 5.16 Å². The maximum atomic E-state index is 12.5. The van der Waals surface area contributed by atoms with Crippen LogP contribution in [0, 0.1) is 20.8 Å². The van der Waals surface area contributed by atoms with Crippen molar-refractivity contribution in [2.75, 3.05) is 5.32 Å². The molecule has 124 valence electrons. The Morgan fingerprint density at radius 3 is 2.57 bits per heavy atom. The summed E-state index contributed by atoms with van der Waals surface area (Å²) in [4.78, 5) is 12.5. The minimum atomic E-state index is -0.255. The van der Waals surface area contributed by atoms with Gasteiger partial charge in [-0.15, -0.1) is 10.2 Å². The number of carbonyl (C=O) groups excluding carboxylic acids is 1. The van der Waals surface area contributed by atoms with Crippen LogP contribution in [-0.2, 0) is 11.8 Å². The Morgan fingerprint density at radius 1 is 1.30 bits per heavy atom. The van der Waals surface area contributed by atoms with Crippen LogP contribution in [0.4, 0.5) is 5.69 Å². The molecular weight excluding hydrogens is 312 g/mol. The summed E-state index contributed by atoms with van der Waals surface area (Å²) < 4.78 is 3.92. The number of rotatable bonds is 5. The number of hydrogen-bond acceptors (Lipinski definition) is 5. The Labute approximate surface area is 139 Å². The molecule has 23 heavy (non-hydrogen) atoms. The van der Waals surface area contributed by atoms with Crippen LogP contribution < -0.4 is 5.32 Å². The van der Waals surface area contributed by atoms with E-state index < -0.39 is 0 Å². The largest absolute Gasteiger partial charge is 0.322 e. The standard InChI is InChI=1S/C15H22N6OS/c1-8-13(9(2)20(5)19-8)16-14(22)10(3)23-15-18-17-11(4)21(15)12-6-7-12/h10,12H,6-7H2,1-5H3,(H,16,22)/t10-/m1/s1. The first-order chi connectivity index (χ1) is 10.9. The van der Waals surface area contributed by atoms with E-state index in [-0.39, 0.29) is 11.2 Å². The van der Waals surface area contributed by atoms with Gasteiger partial charge in [-0.2, -0.15) is 5.10 Å². The second-order valence-electron chi connectivity index (χ2n) is 6.05. The SMILES string of the molecule is Cc1nn(C)c(C)c1NC(=O)[C@@H](C)Sc1nnc(C)n1C1CC1. The quantitative estimate of drug-likeness (QED) is 0.850. The van der Waals surface area contributed by atoms with Gasteiger partial charge in [-0.25, -0.2) is 0 Å². The Balaban J connectivity index is 1.71. The lowest BCUT2D eigenvalue weighted by Crippen LogP contribution is -2.23. The first-order valence-electron chi connectivity index (χ1n) is 7.77. The van der Waals surface area contributed by atoms with Crippen molar-refractivity contribution in [3.63, 3.8) is 0 Å². The molecular formula is C15H22N6OS. The highest BCUT2D eigenvalue weighted by Crippen LogP contribution is 2.39. The van der Waals surface area contributed by atoms with E-state index in [2.05, 4.69) is 25.2 Å². The molecule has 2 aromatic heterocycles. The third-order valence-electron chi connectivity index (χ3n) is 4.16. The van der Waals surface area contributed by atoms with Gasteiger partial charge >= 0.3 is 0 Å². The zero-order valence-electron chi connectivity index (χ0n) is 14.1. The fourth-order valence-electron chi connectivity index (χ4n) is 2.57. The third kappa shape index (κ3) is 3.12. The molecule has 1 fully saturated rings. The van der Waals surface area contributed by atoms with E-state index in [9.17, 15) is 4.79 Å². The molecule has 1 amide bonds. The molecule has 1 aliphatic rings. The molecule has 2 aromatic rings. The van der Waals surface area contributed by atoms with Crippen molar-refractivity contribution in [2.24, 2.45) is 7.05 Å². The lowest BCUT2D eigenvalue weighted by Gasteiger charge is -2.13. The highest BCUT2D eigenvalue weighted by atomic mass is 32.2. The summed E-state index contributed by atoms with van der Waals surface area (Å²) in [5, 5.41) is 16.3. The van der Waals surface area contributed by atoms with E-state index in [1.165, 1.54) is 24.6 Å². The zero-order chi connectivity index (χ0) is 16.7. The van der Waals surface area contributed by atoms with E-state index >= 15 is 0 Å². The highest BCUT2D eigenvalue weighted by molar-refractivity contribution is 8.00. The molecule has 1 N–H and O–H groups in total. The summed E-state index contributed by atoms with van der Waals surface area (Å²) in [5.74, 6) is 0.874. The number of carbonyl (C=O) groups is 1. The topological polar surface area (TPSA) is 77.6 Å². The highest BCUT2D eigenvalue weighted by Gasteiger charge is 2.30. The van der Waals surface area contributed by atoms with Crippen LogP contribution in [0.2, 0.25) is 0 Å². The van der Waals surface area contributed by atoms with Crippen molar-refractivity contribution in [2.45, 2.75) is 57.0 Å². The van der Waals surface area contributed by atoms with Gasteiger partial charge in [-0.1, -0.05) is 11.8 Å². The number of aryl methyl sites for hydroxylation is 3. The van der Waals surface area contributed by atoms with Crippen molar-refractivity contribution in [3.05, 3.63) is 17.2 Å². The Kier molecular flexibility index (Phi) is 4.18. The van der Waals surface area contributed by atoms with Crippen molar-refractivity contribution in [1.82, 2.24) is 24.5 Å². The van der Waals surface area contributed by atoms with E-state index in [0.29, 0.717) is 6.04 Å². The molecule has 0 radical (unpaired) electrons. The van der Waals surface area contributed by atoms with Gasteiger partial charge in [-0.3, -0.25) is 9.48 Å². The first kappa shape index (κ1) is 16.0. The van der Waals surface area contributed by atoms with Gasteiger partial charge < -0.3 is 9.88 Å². The summed E-state index contributed by atoms with van der Waals surface area (Å²) in [6.07, 6.45) is 2.34. The monoisotopic (exact) mass is 334 g/mol. The summed E-state index contributed by atoms with van der Waals surface area (Å²) in [5.41, 5.74) is 2.57. The van der Waals surface area contributed by atoms with E-state index in [4.69, 9.17) is 0 Å². The lowest BCUT2D eigenvalue weighted by atomic mass is 10.3. The van der Waals surface area contributed by atoms with Crippen LogP contribution in [0.25, 0.3) is 0 Å². The minimum Gasteiger partial charge on any atom is -0.322 e. The van der Waals surface area contributed by atoms with Crippen molar-refractivity contribution >= 4 is 23.4 Å². The predicted octanol–water partition coefficient (Wildman–Crippen LogP) is 2.39. The van der Waals surface area contributed by atoms with Gasteiger partial charge in [0.1, 0.15) is 5.82 Å². The zero-order valence-corrected chi connectivity index (χ0v) is 14.9. The van der Waals surface area contributed by atoms with Crippen LogP contribution in [-0.4, -0.2) is 35.7 Å². The van der Waals surface area contributed by atoms with Crippen LogP contribution in [0.1, 0.15) is 43.0 Å². The van der Waals surface area contributed by atoms with Crippen LogP contribution >= 0.6 is 11.8 Å². The molecule has 8 heteroatoms. The molecule has 0 spiro atoms. The molecule has 1 saturated carbocycles. The molecule has 7 nitrogen and oxygen atoms in total. The molecule has 0 unspecified atom stereocenters. The van der Waals surface area contributed by atoms with Gasteiger partial charge in [0.05, 0.1) is 22.3 Å². The molecule has 1 aliphatic carbocycles. The number of anilines is 1. The van der Waals surface area contributed by atoms with Gasteiger partial charge in [0.2, 0.25) is 5.91 Å². The second-order valence-corrected chi connectivity index (χ2v) is 7.36. The average molecular weight is 334 g/mol. The van der Waals surface area contributed by atoms with Crippen molar-refractivity contribution in [1.29, 1.82) is 0 Å². The lowest BCUT2D eigenvalue weighted by molar-refractivity contribution is -0.115. The predicted molar refractivity (Wildman–Crippen MR) is 89.7 cm³/mol. The molecule has 1 atom stereocenters. The number of thioether (sulfide) groups is 1. The summed E-state index contributed by atoms with van der Waals surface area (Å²) in [6, 6.07) is 0.505. The maximum absolute atomic E-state index is 12.5. The number of nitrogens with one attached hydrogen (secondary N) is 1. The van der Waals surface area contributed by atoms with Gasteiger partial charge in [0.25, 0.3) is 0 Å². The third-order valence-corrected chi connectivity index (χ3v) is 5.21. The maximum Gasteiger partial charge on any atom is 0.237 e. The summed E-state index contributed by atoms with van der Waals surface area (Å²) in [7, 11) is 1.87. The van der Waals surface area contributed by atoms with Crippen LogP contribution in [0.5, 0.6) is 0 Å². The Hall–Kier alpha value is -1.83. The number of aromatic nitrogens is 5.